The van der Waals surface area contributed by atoms with Gasteiger partial charge < -0.3 is 14.4 Å². The molecule has 7 nitrogen and oxygen atoms in total. The molecule has 8 heteroatoms. The van der Waals surface area contributed by atoms with E-state index in [2.05, 4.69) is 34.9 Å². The van der Waals surface area contributed by atoms with Gasteiger partial charge in [-0.15, -0.1) is 0 Å². The third kappa shape index (κ3) is 5.27. The highest BCUT2D eigenvalue weighted by Gasteiger charge is 2.45. The van der Waals surface area contributed by atoms with Crippen LogP contribution < -0.4 is 0 Å². The highest BCUT2D eigenvalue weighted by atomic mass is 79.9. The second-order valence-electron chi connectivity index (χ2n) is 8.64. The Kier molecular flexibility index (Phi) is 7.17. The Balaban J connectivity index is 2.18. The van der Waals surface area contributed by atoms with Gasteiger partial charge in [-0.3, -0.25) is 9.48 Å². The summed E-state index contributed by atoms with van der Waals surface area (Å²) in [6.45, 7) is 12.7. The second-order valence-corrected chi connectivity index (χ2v) is 9.40. The highest BCUT2D eigenvalue weighted by Crippen LogP contribution is 2.39. The van der Waals surface area contributed by atoms with Gasteiger partial charge in [0.1, 0.15) is 10.2 Å². The van der Waals surface area contributed by atoms with Crippen LogP contribution in [0.15, 0.2) is 10.8 Å². The Morgan fingerprint density at radius 2 is 1.89 bits per heavy atom. The highest BCUT2D eigenvalue weighted by molar-refractivity contribution is 9.10. The van der Waals surface area contributed by atoms with E-state index in [0.717, 1.165) is 10.2 Å². The van der Waals surface area contributed by atoms with E-state index in [1.54, 1.807) is 4.90 Å². The summed E-state index contributed by atoms with van der Waals surface area (Å²) < 4.78 is 13.7. The normalized spacial score (nSPS) is 16.9. The zero-order chi connectivity index (χ0) is 21.1. The molecule has 0 bridgehead atoms. The number of carbonyl (C=O) groups is 2. The third-order valence-electron chi connectivity index (χ3n) is 4.90. The Morgan fingerprint density at radius 3 is 2.36 bits per heavy atom. The molecule has 0 spiro atoms. The fourth-order valence-corrected chi connectivity index (χ4v) is 4.15. The van der Waals surface area contributed by atoms with Crippen LogP contribution in [0.2, 0.25) is 0 Å². The van der Waals surface area contributed by atoms with Gasteiger partial charge in [0.05, 0.1) is 18.2 Å². The molecular weight excluding hydrogens is 426 g/mol. The van der Waals surface area contributed by atoms with Crippen LogP contribution in [0.1, 0.15) is 66.0 Å². The van der Waals surface area contributed by atoms with Crippen molar-refractivity contribution in [3.05, 3.63) is 16.4 Å². The van der Waals surface area contributed by atoms with Crippen LogP contribution in [0.3, 0.4) is 0 Å². The summed E-state index contributed by atoms with van der Waals surface area (Å²) in [5.41, 5.74) is -0.224. The number of piperidine rings is 1. The smallest absolute Gasteiger partial charge is 0.410 e. The lowest BCUT2D eigenvalue weighted by atomic mass is 9.74. The summed E-state index contributed by atoms with van der Waals surface area (Å²) in [5.74, 6) is -0.206. The van der Waals surface area contributed by atoms with Crippen molar-refractivity contribution in [3.8, 4) is 0 Å². The molecular formula is C20H32BrN3O4. The predicted molar refractivity (Wildman–Crippen MR) is 110 cm³/mol. The Labute approximate surface area is 175 Å². The number of ether oxygens (including phenoxy) is 2. The van der Waals surface area contributed by atoms with Gasteiger partial charge in [-0.2, -0.15) is 5.10 Å². The Bertz CT molecular complexity index is 701. The lowest BCUT2D eigenvalue weighted by Crippen LogP contribution is -2.49. The minimum Gasteiger partial charge on any atom is -0.466 e. The number of likely N-dealkylation sites (tertiary alicyclic amines) is 1. The number of carbonyl (C=O) groups excluding carboxylic acids is 2. The van der Waals surface area contributed by atoms with E-state index < -0.39 is 11.0 Å². The topological polar surface area (TPSA) is 73.7 Å². The zero-order valence-electron chi connectivity index (χ0n) is 17.7. The van der Waals surface area contributed by atoms with Crippen LogP contribution in [0.25, 0.3) is 0 Å². The van der Waals surface area contributed by atoms with E-state index in [1.165, 1.54) is 0 Å². The molecule has 1 aliphatic heterocycles. The van der Waals surface area contributed by atoms with Gasteiger partial charge in [-0.25, -0.2) is 4.79 Å². The molecule has 1 amide bonds. The van der Waals surface area contributed by atoms with Crippen LogP contribution in [0.5, 0.6) is 0 Å². The molecule has 2 rings (SSSR count). The molecule has 1 saturated heterocycles. The number of hydrogen-bond donors (Lipinski definition) is 0. The standard InChI is InChI=1S/C20H32BrN3O4/c1-7-27-17(25)20(12-15-13-22-24(14(2)3)16(15)21)8-10-23(11-9-20)18(26)28-19(4,5)6/h13-14H,7-12H2,1-6H3. The molecule has 158 valence electrons. The number of rotatable bonds is 5. The SMILES string of the molecule is CCOC(=O)C1(Cc2cnn(C(C)C)c2Br)CCN(C(=O)OC(C)(C)C)CC1. The molecule has 1 aliphatic rings. The molecule has 1 aromatic heterocycles. The van der Waals surface area contributed by atoms with E-state index in [0.29, 0.717) is 39.0 Å². The van der Waals surface area contributed by atoms with Crippen molar-refractivity contribution in [1.29, 1.82) is 0 Å². The summed E-state index contributed by atoms with van der Waals surface area (Å²) in [7, 11) is 0. The van der Waals surface area contributed by atoms with Crippen molar-refractivity contribution in [2.24, 2.45) is 5.41 Å². The number of amides is 1. The van der Waals surface area contributed by atoms with Gasteiger partial charge >= 0.3 is 12.1 Å². The van der Waals surface area contributed by atoms with E-state index in [9.17, 15) is 9.59 Å². The number of nitrogens with zero attached hydrogens (tertiary/aromatic N) is 3. The summed E-state index contributed by atoms with van der Waals surface area (Å²) in [6, 6.07) is 0.218. The van der Waals surface area contributed by atoms with Crippen LogP contribution in [-0.2, 0) is 20.7 Å². The first-order valence-corrected chi connectivity index (χ1v) is 10.7. The maximum atomic E-state index is 12.9. The van der Waals surface area contributed by atoms with E-state index in [1.807, 2.05) is 38.6 Å². The van der Waals surface area contributed by atoms with Crippen molar-refractivity contribution in [3.63, 3.8) is 0 Å². The van der Waals surface area contributed by atoms with Gasteiger partial charge in [0.25, 0.3) is 0 Å². The zero-order valence-corrected chi connectivity index (χ0v) is 19.3. The van der Waals surface area contributed by atoms with Crippen molar-refractivity contribution < 1.29 is 19.1 Å². The molecule has 0 unspecified atom stereocenters. The van der Waals surface area contributed by atoms with Crippen LogP contribution in [0, 0.1) is 5.41 Å². The summed E-state index contributed by atoms with van der Waals surface area (Å²) in [4.78, 5) is 26.9. The van der Waals surface area contributed by atoms with E-state index in [4.69, 9.17) is 9.47 Å². The quantitative estimate of drug-likeness (QED) is 0.614. The summed E-state index contributed by atoms with van der Waals surface area (Å²) in [6.07, 6.45) is 3.07. The van der Waals surface area contributed by atoms with Crippen molar-refractivity contribution >= 4 is 28.0 Å². The third-order valence-corrected chi connectivity index (χ3v) is 5.78. The van der Waals surface area contributed by atoms with Crippen LogP contribution in [-0.4, -0.2) is 52.0 Å². The first-order chi connectivity index (χ1) is 13.0. The average molecular weight is 458 g/mol. The van der Waals surface area contributed by atoms with Crippen molar-refractivity contribution in [1.82, 2.24) is 14.7 Å². The molecule has 0 radical (unpaired) electrons. The lowest BCUT2D eigenvalue weighted by molar-refractivity contribution is -0.158. The second kappa shape index (κ2) is 8.84. The van der Waals surface area contributed by atoms with Gasteiger partial charge in [-0.1, -0.05) is 0 Å². The molecule has 1 fully saturated rings. The molecule has 0 N–H and O–H groups in total. The van der Waals surface area contributed by atoms with Crippen molar-refractivity contribution in [2.45, 2.75) is 72.4 Å². The Morgan fingerprint density at radius 1 is 1.29 bits per heavy atom. The minimum absolute atomic E-state index is 0.206. The number of halogens is 1. The predicted octanol–water partition coefficient (Wildman–Crippen LogP) is 4.35. The fraction of sp³-hybridized carbons (Fsp3) is 0.750. The fourth-order valence-electron chi connectivity index (χ4n) is 3.41. The van der Waals surface area contributed by atoms with Gasteiger partial charge in [0.2, 0.25) is 0 Å². The Hall–Kier alpha value is -1.57. The summed E-state index contributed by atoms with van der Waals surface area (Å²) in [5, 5.41) is 4.43. The summed E-state index contributed by atoms with van der Waals surface area (Å²) >= 11 is 3.62. The molecule has 0 atom stereocenters. The molecule has 0 aromatic carbocycles. The van der Waals surface area contributed by atoms with E-state index in [-0.39, 0.29) is 18.1 Å². The maximum absolute atomic E-state index is 12.9. The molecule has 0 aliphatic carbocycles. The average Bonchev–Trinajstić information content (AvgIpc) is 2.95. The minimum atomic E-state index is -0.665. The molecule has 1 aromatic rings. The molecule has 2 heterocycles. The van der Waals surface area contributed by atoms with Crippen LogP contribution in [0.4, 0.5) is 4.79 Å². The monoisotopic (exact) mass is 457 g/mol. The molecule has 28 heavy (non-hydrogen) atoms. The molecule has 0 saturated carbocycles. The van der Waals surface area contributed by atoms with Gasteiger partial charge in [0.15, 0.2) is 0 Å². The van der Waals surface area contributed by atoms with Crippen LogP contribution >= 0.6 is 15.9 Å². The number of esters is 1. The maximum Gasteiger partial charge on any atom is 0.410 e. The number of aromatic nitrogens is 2. The van der Waals surface area contributed by atoms with E-state index >= 15 is 0 Å². The van der Waals surface area contributed by atoms with Gasteiger partial charge in [-0.05, 0) is 76.7 Å². The first-order valence-electron chi connectivity index (χ1n) is 9.86. The van der Waals surface area contributed by atoms with Crippen molar-refractivity contribution in [2.75, 3.05) is 19.7 Å². The first kappa shape index (κ1) is 22.7. The number of hydrogen-bond acceptors (Lipinski definition) is 5. The largest absolute Gasteiger partial charge is 0.466 e. The lowest BCUT2D eigenvalue weighted by Gasteiger charge is -2.40. The van der Waals surface area contributed by atoms with Gasteiger partial charge in [0, 0.05) is 24.7 Å².